The van der Waals surface area contributed by atoms with Crippen molar-refractivity contribution in [1.29, 1.82) is 0 Å². The number of nitrogens with zero attached hydrogens (tertiary/aromatic N) is 1. The van der Waals surface area contributed by atoms with Crippen LogP contribution in [0.4, 0.5) is 16.2 Å². The van der Waals surface area contributed by atoms with Crippen LogP contribution in [0.2, 0.25) is 0 Å². The molecule has 1 N–H and O–H groups in total. The van der Waals surface area contributed by atoms with Gasteiger partial charge in [0.25, 0.3) is 5.91 Å². The van der Waals surface area contributed by atoms with Crippen molar-refractivity contribution in [2.24, 2.45) is 0 Å². The van der Waals surface area contributed by atoms with E-state index >= 15 is 0 Å². The lowest BCUT2D eigenvalue weighted by atomic mass is 10.1. The molecule has 1 heterocycles. The van der Waals surface area contributed by atoms with Crippen LogP contribution < -0.4 is 15.0 Å². The van der Waals surface area contributed by atoms with E-state index in [0.717, 1.165) is 0 Å². The van der Waals surface area contributed by atoms with Crippen LogP contribution >= 0.6 is 0 Å². The van der Waals surface area contributed by atoms with Crippen molar-refractivity contribution in [3.8, 4) is 11.5 Å². The van der Waals surface area contributed by atoms with Gasteiger partial charge in [0.2, 0.25) is 0 Å². The molecule has 2 aromatic rings. The average Bonchev–Trinajstić information content (AvgIpc) is 2.65. The Labute approximate surface area is 133 Å². The predicted molar refractivity (Wildman–Crippen MR) is 86.3 cm³/mol. The molecule has 0 fully saturated rings. The SMILES string of the molecule is CCOC(=O)Nc1ccc2c(c1)C(=O)N(C)c1ccccc1O2. The molecule has 0 spiro atoms. The lowest BCUT2D eigenvalue weighted by Crippen LogP contribution is -2.25. The summed E-state index contributed by atoms with van der Waals surface area (Å²) in [5.74, 6) is 0.840. The molecule has 1 aliphatic heterocycles. The summed E-state index contributed by atoms with van der Waals surface area (Å²) in [5, 5.41) is 2.58. The van der Waals surface area contributed by atoms with E-state index < -0.39 is 6.09 Å². The van der Waals surface area contributed by atoms with Crippen molar-refractivity contribution < 1.29 is 19.1 Å². The highest BCUT2D eigenvalue weighted by Gasteiger charge is 2.25. The summed E-state index contributed by atoms with van der Waals surface area (Å²) in [4.78, 5) is 25.7. The van der Waals surface area contributed by atoms with Gasteiger partial charge in [-0.3, -0.25) is 10.1 Å². The van der Waals surface area contributed by atoms with E-state index in [1.165, 1.54) is 4.90 Å². The molecule has 0 saturated heterocycles. The number of carbonyl (C=O) groups excluding carboxylic acids is 2. The molecule has 0 atom stereocenters. The van der Waals surface area contributed by atoms with Gasteiger partial charge in [-0.15, -0.1) is 0 Å². The molecule has 1 aliphatic rings. The summed E-state index contributed by atoms with van der Waals surface area (Å²) in [5.41, 5.74) is 1.53. The second-order valence-electron chi connectivity index (χ2n) is 4.99. The quantitative estimate of drug-likeness (QED) is 0.919. The topological polar surface area (TPSA) is 67.9 Å². The van der Waals surface area contributed by atoms with Crippen molar-refractivity contribution in [2.45, 2.75) is 6.92 Å². The van der Waals surface area contributed by atoms with Crippen molar-refractivity contribution in [3.63, 3.8) is 0 Å². The lowest BCUT2D eigenvalue weighted by Gasteiger charge is -2.15. The highest BCUT2D eigenvalue weighted by atomic mass is 16.5. The summed E-state index contributed by atoms with van der Waals surface area (Å²) in [6.07, 6.45) is -0.564. The van der Waals surface area contributed by atoms with Gasteiger partial charge in [0.1, 0.15) is 5.75 Å². The Morgan fingerprint density at radius 3 is 2.78 bits per heavy atom. The van der Waals surface area contributed by atoms with E-state index in [1.807, 2.05) is 18.2 Å². The zero-order valence-corrected chi connectivity index (χ0v) is 12.8. The molecule has 0 saturated carbocycles. The summed E-state index contributed by atoms with van der Waals surface area (Å²) in [7, 11) is 1.69. The normalized spacial score (nSPS) is 12.6. The molecule has 2 amide bonds. The Bertz CT molecular complexity index is 773. The summed E-state index contributed by atoms with van der Waals surface area (Å²) < 4.78 is 10.7. The Kier molecular flexibility index (Phi) is 3.89. The van der Waals surface area contributed by atoms with Crippen LogP contribution in [-0.4, -0.2) is 25.7 Å². The first-order valence-electron chi connectivity index (χ1n) is 7.23. The molecule has 6 heteroatoms. The number of rotatable bonds is 2. The van der Waals surface area contributed by atoms with E-state index in [1.54, 1.807) is 38.2 Å². The minimum Gasteiger partial charge on any atom is -0.454 e. The van der Waals surface area contributed by atoms with Crippen LogP contribution in [0.1, 0.15) is 17.3 Å². The zero-order chi connectivity index (χ0) is 16.4. The molecule has 23 heavy (non-hydrogen) atoms. The maximum absolute atomic E-state index is 12.7. The molecular formula is C17H16N2O4. The lowest BCUT2D eigenvalue weighted by molar-refractivity contribution is 0.0993. The van der Waals surface area contributed by atoms with E-state index in [9.17, 15) is 9.59 Å². The highest BCUT2D eigenvalue weighted by molar-refractivity contribution is 6.10. The maximum atomic E-state index is 12.7. The van der Waals surface area contributed by atoms with Crippen molar-refractivity contribution in [1.82, 2.24) is 0 Å². The third kappa shape index (κ3) is 2.83. The second-order valence-corrected chi connectivity index (χ2v) is 4.99. The second kappa shape index (κ2) is 6.00. The van der Waals surface area contributed by atoms with Gasteiger partial charge in [0.05, 0.1) is 17.9 Å². The van der Waals surface area contributed by atoms with Crippen molar-refractivity contribution in [2.75, 3.05) is 23.9 Å². The van der Waals surface area contributed by atoms with Gasteiger partial charge in [-0.25, -0.2) is 4.79 Å². The van der Waals surface area contributed by atoms with Gasteiger partial charge in [-0.1, -0.05) is 12.1 Å². The number of anilines is 2. The Morgan fingerprint density at radius 2 is 2.00 bits per heavy atom. The van der Waals surface area contributed by atoms with Gasteiger partial charge in [0, 0.05) is 12.7 Å². The summed E-state index contributed by atoms with van der Waals surface area (Å²) in [6.45, 7) is 2.00. The molecule has 0 aromatic heterocycles. The standard InChI is InChI=1S/C17H16N2O4/c1-3-22-17(21)18-11-8-9-14-12(10-11)16(20)19(2)13-6-4-5-7-15(13)23-14/h4-10H,3H2,1-2H3,(H,18,21). The molecule has 0 aliphatic carbocycles. The Morgan fingerprint density at radius 1 is 1.22 bits per heavy atom. The fourth-order valence-electron chi connectivity index (χ4n) is 2.38. The van der Waals surface area contributed by atoms with Crippen molar-refractivity contribution in [3.05, 3.63) is 48.0 Å². The van der Waals surface area contributed by atoms with E-state index in [4.69, 9.17) is 9.47 Å². The monoisotopic (exact) mass is 312 g/mol. The average molecular weight is 312 g/mol. The minimum absolute atomic E-state index is 0.211. The Hall–Kier alpha value is -3.02. The van der Waals surface area contributed by atoms with Gasteiger partial charge >= 0.3 is 6.09 Å². The smallest absolute Gasteiger partial charge is 0.411 e. The van der Waals surface area contributed by atoms with Crippen LogP contribution in [0.25, 0.3) is 0 Å². The number of amides is 2. The fourth-order valence-corrected chi connectivity index (χ4v) is 2.38. The first-order chi connectivity index (χ1) is 11.1. The van der Waals surface area contributed by atoms with Crippen LogP contribution in [0, 0.1) is 0 Å². The number of carbonyl (C=O) groups is 2. The van der Waals surface area contributed by atoms with Crippen LogP contribution in [0.3, 0.4) is 0 Å². The van der Waals surface area contributed by atoms with E-state index in [0.29, 0.717) is 28.4 Å². The number of hydrogen-bond acceptors (Lipinski definition) is 4. The van der Waals surface area contributed by atoms with Gasteiger partial charge in [-0.2, -0.15) is 0 Å². The number of benzene rings is 2. The summed E-state index contributed by atoms with van der Waals surface area (Å²) >= 11 is 0. The molecule has 6 nitrogen and oxygen atoms in total. The molecule has 0 unspecified atom stereocenters. The first kappa shape index (κ1) is 14.9. The minimum atomic E-state index is -0.564. The van der Waals surface area contributed by atoms with Crippen molar-refractivity contribution >= 4 is 23.4 Å². The molecule has 0 radical (unpaired) electrons. The van der Waals surface area contributed by atoms with Crippen LogP contribution in [-0.2, 0) is 4.74 Å². The molecule has 0 bridgehead atoms. The molecule has 2 aromatic carbocycles. The zero-order valence-electron chi connectivity index (χ0n) is 12.8. The highest BCUT2D eigenvalue weighted by Crippen LogP contribution is 2.38. The van der Waals surface area contributed by atoms with Crippen LogP contribution in [0.15, 0.2) is 42.5 Å². The third-order valence-electron chi connectivity index (χ3n) is 3.48. The number of hydrogen-bond donors (Lipinski definition) is 1. The van der Waals surface area contributed by atoms with Gasteiger partial charge < -0.3 is 14.4 Å². The predicted octanol–water partition coefficient (Wildman–Crippen LogP) is 3.64. The fraction of sp³-hybridized carbons (Fsp3) is 0.176. The summed E-state index contributed by atoms with van der Waals surface area (Å²) in [6, 6.07) is 12.2. The van der Waals surface area contributed by atoms with Crippen LogP contribution in [0.5, 0.6) is 11.5 Å². The van der Waals surface area contributed by atoms with Gasteiger partial charge in [0.15, 0.2) is 5.75 Å². The number of ether oxygens (including phenoxy) is 2. The number of para-hydroxylation sites is 2. The first-order valence-corrected chi connectivity index (χ1v) is 7.23. The third-order valence-corrected chi connectivity index (χ3v) is 3.48. The van der Waals surface area contributed by atoms with E-state index in [2.05, 4.69) is 5.32 Å². The molecule has 3 rings (SSSR count). The van der Waals surface area contributed by atoms with E-state index in [-0.39, 0.29) is 12.5 Å². The number of nitrogens with one attached hydrogen (secondary N) is 1. The Balaban J connectivity index is 1.97. The molecule has 118 valence electrons. The van der Waals surface area contributed by atoms with Gasteiger partial charge in [-0.05, 0) is 37.3 Å². The maximum Gasteiger partial charge on any atom is 0.411 e. The number of fused-ring (bicyclic) bond motifs is 2. The molecular weight excluding hydrogens is 296 g/mol. The largest absolute Gasteiger partial charge is 0.454 e.